The summed E-state index contributed by atoms with van der Waals surface area (Å²) in [5, 5.41) is 0. The number of likely N-dealkylation sites (N-methyl/N-ethyl adjacent to an activating group) is 2. The highest BCUT2D eigenvalue weighted by Crippen LogP contribution is 2.15. The predicted octanol–water partition coefficient (Wildman–Crippen LogP) is 0.780. The Bertz CT molecular complexity index is 635. The number of benzene rings is 1. The third kappa shape index (κ3) is 4.31. The molecule has 0 N–H and O–H groups in total. The third-order valence-electron chi connectivity index (χ3n) is 4.26. The quantitative estimate of drug-likeness (QED) is 0.795. The number of carbonyl (C=O) groups is 1. The van der Waals surface area contributed by atoms with Crippen LogP contribution in [0.1, 0.15) is 12.5 Å². The van der Waals surface area contributed by atoms with Gasteiger partial charge in [0.2, 0.25) is 15.9 Å². The van der Waals surface area contributed by atoms with Crippen LogP contribution in [-0.2, 0) is 14.8 Å². The van der Waals surface area contributed by atoms with Crippen LogP contribution >= 0.6 is 0 Å². The highest BCUT2D eigenvalue weighted by molar-refractivity contribution is 7.89. The molecular formula is C16H25N3O3S. The van der Waals surface area contributed by atoms with Crippen LogP contribution in [0.4, 0.5) is 0 Å². The van der Waals surface area contributed by atoms with Crippen molar-refractivity contribution in [2.24, 2.45) is 0 Å². The summed E-state index contributed by atoms with van der Waals surface area (Å²) in [5.74, 6) is -0.140. The third-order valence-corrected chi connectivity index (χ3v) is 6.08. The van der Waals surface area contributed by atoms with Crippen LogP contribution in [0.15, 0.2) is 29.2 Å². The van der Waals surface area contributed by atoms with E-state index in [0.717, 1.165) is 29.5 Å². The molecular weight excluding hydrogens is 314 g/mol. The van der Waals surface area contributed by atoms with Gasteiger partial charge >= 0.3 is 0 Å². The van der Waals surface area contributed by atoms with Gasteiger partial charge in [-0.1, -0.05) is 24.6 Å². The first kappa shape index (κ1) is 17.9. The summed E-state index contributed by atoms with van der Waals surface area (Å²) in [6, 6.07) is 6.66. The van der Waals surface area contributed by atoms with E-state index < -0.39 is 10.0 Å². The lowest BCUT2D eigenvalue weighted by Crippen LogP contribution is -2.51. The first-order chi connectivity index (χ1) is 10.8. The number of sulfonamides is 1. The molecule has 0 radical (unpaired) electrons. The van der Waals surface area contributed by atoms with Crippen molar-refractivity contribution in [1.29, 1.82) is 0 Å². The van der Waals surface area contributed by atoms with Gasteiger partial charge in [-0.15, -0.1) is 0 Å². The number of aryl methyl sites for hydroxylation is 1. The van der Waals surface area contributed by atoms with Gasteiger partial charge in [0.05, 0.1) is 11.4 Å². The van der Waals surface area contributed by atoms with E-state index in [0.29, 0.717) is 13.1 Å². The molecule has 2 rings (SSSR count). The van der Waals surface area contributed by atoms with Crippen LogP contribution in [0.25, 0.3) is 0 Å². The minimum Gasteiger partial charge on any atom is -0.339 e. The van der Waals surface area contributed by atoms with Crippen molar-refractivity contribution in [2.75, 3.05) is 46.3 Å². The average molecular weight is 339 g/mol. The van der Waals surface area contributed by atoms with Crippen LogP contribution in [0.2, 0.25) is 0 Å². The Balaban J connectivity index is 1.99. The number of piperazine rings is 1. The molecule has 0 aliphatic carbocycles. The smallest absolute Gasteiger partial charge is 0.243 e. The van der Waals surface area contributed by atoms with Crippen molar-refractivity contribution in [3.63, 3.8) is 0 Å². The average Bonchev–Trinajstić information content (AvgIpc) is 2.55. The van der Waals surface area contributed by atoms with E-state index in [2.05, 4.69) is 11.8 Å². The lowest BCUT2D eigenvalue weighted by molar-refractivity contribution is -0.132. The second-order valence-electron chi connectivity index (χ2n) is 5.89. The van der Waals surface area contributed by atoms with Gasteiger partial charge < -0.3 is 9.80 Å². The topological polar surface area (TPSA) is 60.9 Å². The summed E-state index contributed by atoms with van der Waals surface area (Å²) in [7, 11) is -2.18. The minimum absolute atomic E-state index is 0.123. The largest absolute Gasteiger partial charge is 0.339 e. The fourth-order valence-corrected chi connectivity index (χ4v) is 3.70. The summed E-state index contributed by atoms with van der Waals surface area (Å²) in [6.45, 7) is 7.86. The van der Waals surface area contributed by atoms with Crippen molar-refractivity contribution in [3.8, 4) is 0 Å². The minimum atomic E-state index is -3.63. The predicted molar refractivity (Wildman–Crippen MR) is 89.7 cm³/mol. The number of amides is 1. The molecule has 1 aromatic carbocycles. The lowest BCUT2D eigenvalue weighted by atomic mass is 10.2. The molecule has 1 amide bonds. The van der Waals surface area contributed by atoms with Crippen LogP contribution < -0.4 is 0 Å². The van der Waals surface area contributed by atoms with Gasteiger partial charge in [0.25, 0.3) is 0 Å². The molecule has 1 aliphatic rings. The van der Waals surface area contributed by atoms with Gasteiger partial charge in [0.1, 0.15) is 0 Å². The molecule has 128 valence electrons. The van der Waals surface area contributed by atoms with Gasteiger partial charge in [-0.3, -0.25) is 4.79 Å². The zero-order valence-corrected chi connectivity index (χ0v) is 14.8. The molecule has 1 heterocycles. The molecule has 0 aromatic heterocycles. The number of hydrogen-bond acceptors (Lipinski definition) is 4. The zero-order valence-electron chi connectivity index (χ0n) is 14.0. The standard InChI is InChI=1S/C16H25N3O3S/c1-4-18-9-11-19(12-10-18)16(20)13-17(3)23(21,22)15-7-5-14(2)6-8-15/h5-8H,4,9-13H2,1-3H3. The highest BCUT2D eigenvalue weighted by Gasteiger charge is 2.26. The molecule has 0 saturated carbocycles. The van der Waals surface area contributed by atoms with Crippen molar-refractivity contribution in [1.82, 2.24) is 14.1 Å². The SMILES string of the molecule is CCN1CCN(C(=O)CN(C)S(=O)(=O)c2ccc(C)cc2)CC1. The Morgan fingerprint density at radius 1 is 1.13 bits per heavy atom. The number of nitrogens with zero attached hydrogens (tertiary/aromatic N) is 3. The van der Waals surface area contributed by atoms with Crippen molar-refractivity contribution >= 4 is 15.9 Å². The molecule has 1 aromatic rings. The van der Waals surface area contributed by atoms with Crippen molar-refractivity contribution < 1.29 is 13.2 Å². The van der Waals surface area contributed by atoms with Crippen LogP contribution in [0.3, 0.4) is 0 Å². The van der Waals surface area contributed by atoms with E-state index >= 15 is 0 Å². The molecule has 1 aliphatic heterocycles. The molecule has 0 bridgehead atoms. The van der Waals surface area contributed by atoms with Crippen molar-refractivity contribution in [3.05, 3.63) is 29.8 Å². The summed E-state index contributed by atoms with van der Waals surface area (Å²) < 4.78 is 26.1. The maximum atomic E-state index is 12.5. The van der Waals surface area contributed by atoms with Gasteiger partial charge in [-0.05, 0) is 25.6 Å². The Morgan fingerprint density at radius 2 is 1.70 bits per heavy atom. The fourth-order valence-electron chi connectivity index (χ4n) is 2.58. The number of hydrogen-bond donors (Lipinski definition) is 0. The maximum Gasteiger partial charge on any atom is 0.243 e. The maximum absolute atomic E-state index is 12.5. The van der Waals surface area contributed by atoms with E-state index in [4.69, 9.17) is 0 Å². The Kier molecular flexibility index (Phi) is 5.78. The zero-order chi connectivity index (χ0) is 17.0. The molecule has 0 atom stereocenters. The first-order valence-electron chi connectivity index (χ1n) is 7.87. The summed E-state index contributed by atoms with van der Waals surface area (Å²) >= 11 is 0. The van der Waals surface area contributed by atoms with E-state index in [1.54, 1.807) is 29.2 Å². The second kappa shape index (κ2) is 7.42. The lowest BCUT2D eigenvalue weighted by Gasteiger charge is -2.34. The summed E-state index contributed by atoms with van der Waals surface area (Å²) in [5.41, 5.74) is 0.997. The van der Waals surface area contributed by atoms with Gasteiger partial charge in [0.15, 0.2) is 0 Å². The van der Waals surface area contributed by atoms with E-state index in [9.17, 15) is 13.2 Å². The number of rotatable bonds is 5. The van der Waals surface area contributed by atoms with Crippen LogP contribution in [-0.4, -0.2) is 74.7 Å². The Morgan fingerprint density at radius 3 is 2.22 bits per heavy atom. The van der Waals surface area contributed by atoms with E-state index in [1.165, 1.54) is 7.05 Å². The van der Waals surface area contributed by atoms with Gasteiger partial charge in [-0.2, -0.15) is 4.31 Å². The van der Waals surface area contributed by atoms with Crippen LogP contribution in [0.5, 0.6) is 0 Å². The molecule has 1 fully saturated rings. The number of carbonyl (C=O) groups excluding carboxylic acids is 1. The Hall–Kier alpha value is -1.44. The molecule has 1 saturated heterocycles. The van der Waals surface area contributed by atoms with Gasteiger partial charge in [0, 0.05) is 33.2 Å². The first-order valence-corrected chi connectivity index (χ1v) is 9.31. The highest BCUT2D eigenvalue weighted by atomic mass is 32.2. The normalized spacial score (nSPS) is 16.8. The Labute approximate surface area is 138 Å². The van der Waals surface area contributed by atoms with Crippen molar-refractivity contribution in [2.45, 2.75) is 18.7 Å². The van der Waals surface area contributed by atoms with E-state index in [1.807, 2.05) is 6.92 Å². The second-order valence-corrected chi connectivity index (χ2v) is 7.93. The monoisotopic (exact) mass is 339 g/mol. The van der Waals surface area contributed by atoms with Gasteiger partial charge in [-0.25, -0.2) is 8.42 Å². The summed E-state index contributed by atoms with van der Waals surface area (Å²) in [6.07, 6.45) is 0. The van der Waals surface area contributed by atoms with E-state index in [-0.39, 0.29) is 17.3 Å². The van der Waals surface area contributed by atoms with Crippen LogP contribution in [0, 0.1) is 6.92 Å². The molecule has 0 spiro atoms. The molecule has 7 heteroatoms. The fraction of sp³-hybridized carbons (Fsp3) is 0.562. The molecule has 0 unspecified atom stereocenters. The summed E-state index contributed by atoms with van der Waals surface area (Å²) in [4.78, 5) is 16.6. The molecule has 6 nitrogen and oxygen atoms in total. The molecule has 23 heavy (non-hydrogen) atoms.